The highest BCUT2D eigenvalue weighted by Crippen LogP contribution is 2.38. The van der Waals surface area contributed by atoms with E-state index in [9.17, 15) is 9.59 Å². The van der Waals surface area contributed by atoms with E-state index in [2.05, 4.69) is 10.6 Å². The van der Waals surface area contributed by atoms with Gasteiger partial charge < -0.3 is 22.1 Å². The SMILES string of the molecule is NC(=O)c1ccc2c(c1)NC(=O)C2=C(Nc1ccc(N)cc1)c1ccccc1. The Morgan fingerprint density at radius 2 is 1.61 bits per heavy atom. The van der Waals surface area contributed by atoms with E-state index < -0.39 is 5.91 Å². The molecule has 0 fully saturated rings. The molecule has 4 rings (SSSR count). The Balaban J connectivity index is 1.88. The van der Waals surface area contributed by atoms with Gasteiger partial charge in [-0.1, -0.05) is 36.4 Å². The van der Waals surface area contributed by atoms with Crippen LogP contribution >= 0.6 is 0 Å². The van der Waals surface area contributed by atoms with Crippen LogP contribution in [0.3, 0.4) is 0 Å². The molecule has 0 saturated heterocycles. The number of benzene rings is 3. The number of carbonyl (C=O) groups excluding carboxylic acids is 2. The Kier molecular flexibility index (Phi) is 4.29. The molecule has 0 radical (unpaired) electrons. The van der Waals surface area contributed by atoms with Gasteiger partial charge in [0.1, 0.15) is 0 Å². The lowest BCUT2D eigenvalue weighted by atomic mass is 9.99. The zero-order valence-electron chi connectivity index (χ0n) is 14.9. The maximum atomic E-state index is 12.8. The lowest BCUT2D eigenvalue weighted by Gasteiger charge is -2.15. The summed E-state index contributed by atoms with van der Waals surface area (Å²) in [5.41, 5.74) is 16.2. The summed E-state index contributed by atoms with van der Waals surface area (Å²) in [6, 6.07) is 21.8. The fourth-order valence-electron chi connectivity index (χ4n) is 3.17. The topological polar surface area (TPSA) is 110 Å². The monoisotopic (exact) mass is 370 g/mol. The molecule has 1 aliphatic rings. The van der Waals surface area contributed by atoms with E-state index in [1.165, 1.54) is 0 Å². The maximum absolute atomic E-state index is 12.8. The molecule has 1 aliphatic heterocycles. The van der Waals surface area contributed by atoms with E-state index in [-0.39, 0.29) is 5.91 Å². The highest BCUT2D eigenvalue weighted by Gasteiger charge is 2.29. The van der Waals surface area contributed by atoms with Gasteiger partial charge >= 0.3 is 0 Å². The number of hydrogen-bond donors (Lipinski definition) is 4. The summed E-state index contributed by atoms with van der Waals surface area (Å²) in [5, 5.41) is 6.17. The predicted molar refractivity (Wildman–Crippen MR) is 111 cm³/mol. The Hall–Kier alpha value is -4.06. The van der Waals surface area contributed by atoms with Gasteiger partial charge in [-0.2, -0.15) is 0 Å². The first kappa shape index (κ1) is 17.4. The van der Waals surface area contributed by atoms with Crippen molar-refractivity contribution in [1.82, 2.24) is 0 Å². The first-order valence-corrected chi connectivity index (χ1v) is 8.71. The molecule has 3 aromatic rings. The summed E-state index contributed by atoms with van der Waals surface area (Å²) < 4.78 is 0. The molecule has 0 bridgehead atoms. The van der Waals surface area contributed by atoms with Crippen molar-refractivity contribution in [3.63, 3.8) is 0 Å². The minimum Gasteiger partial charge on any atom is -0.399 e. The Bertz CT molecular complexity index is 1100. The molecule has 0 spiro atoms. The fourth-order valence-corrected chi connectivity index (χ4v) is 3.17. The molecule has 6 N–H and O–H groups in total. The van der Waals surface area contributed by atoms with Crippen LogP contribution in [-0.2, 0) is 4.79 Å². The Labute approximate surface area is 161 Å². The first-order valence-electron chi connectivity index (χ1n) is 8.71. The van der Waals surface area contributed by atoms with Crippen LogP contribution in [0.2, 0.25) is 0 Å². The number of anilines is 3. The second kappa shape index (κ2) is 6.92. The third-order valence-electron chi connectivity index (χ3n) is 4.54. The number of nitrogens with two attached hydrogens (primary N) is 2. The van der Waals surface area contributed by atoms with Crippen molar-refractivity contribution in [1.29, 1.82) is 0 Å². The number of rotatable bonds is 4. The van der Waals surface area contributed by atoms with Crippen LogP contribution in [0.1, 0.15) is 21.5 Å². The minimum atomic E-state index is -0.544. The van der Waals surface area contributed by atoms with E-state index in [1.54, 1.807) is 30.3 Å². The molecule has 1 heterocycles. The van der Waals surface area contributed by atoms with Crippen LogP contribution in [0.4, 0.5) is 17.1 Å². The predicted octanol–water partition coefficient (Wildman–Crippen LogP) is 3.30. The van der Waals surface area contributed by atoms with E-state index in [4.69, 9.17) is 11.5 Å². The van der Waals surface area contributed by atoms with Crippen molar-refractivity contribution in [2.45, 2.75) is 0 Å². The molecule has 2 amide bonds. The zero-order chi connectivity index (χ0) is 19.7. The summed E-state index contributed by atoms with van der Waals surface area (Å²) in [5.74, 6) is -0.795. The number of amides is 2. The van der Waals surface area contributed by atoms with Crippen LogP contribution < -0.4 is 22.1 Å². The van der Waals surface area contributed by atoms with Crippen molar-refractivity contribution >= 4 is 40.1 Å². The quantitative estimate of drug-likeness (QED) is 0.417. The number of fused-ring (bicyclic) bond motifs is 1. The molecule has 0 aliphatic carbocycles. The number of nitrogen functional groups attached to an aromatic ring is 1. The van der Waals surface area contributed by atoms with Gasteiger partial charge in [-0.3, -0.25) is 9.59 Å². The smallest absolute Gasteiger partial charge is 0.258 e. The fraction of sp³-hybridized carbons (Fsp3) is 0. The van der Waals surface area contributed by atoms with Gasteiger partial charge in [-0.05, 0) is 42.0 Å². The van der Waals surface area contributed by atoms with Gasteiger partial charge in [0.25, 0.3) is 5.91 Å². The zero-order valence-corrected chi connectivity index (χ0v) is 14.9. The van der Waals surface area contributed by atoms with Crippen LogP contribution in [0.25, 0.3) is 11.3 Å². The average molecular weight is 370 g/mol. The van der Waals surface area contributed by atoms with Gasteiger partial charge in [0.05, 0.1) is 11.3 Å². The van der Waals surface area contributed by atoms with E-state index in [0.717, 1.165) is 11.3 Å². The highest BCUT2D eigenvalue weighted by atomic mass is 16.2. The second-order valence-corrected chi connectivity index (χ2v) is 6.44. The maximum Gasteiger partial charge on any atom is 0.258 e. The molecule has 0 aromatic heterocycles. The summed E-state index contributed by atoms with van der Waals surface area (Å²) >= 11 is 0. The number of primary amides is 1. The third-order valence-corrected chi connectivity index (χ3v) is 4.54. The number of nitrogens with one attached hydrogen (secondary N) is 2. The average Bonchev–Trinajstić information content (AvgIpc) is 3.03. The molecule has 0 atom stereocenters. The van der Waals surface area contributed by atoms with E-state index in [1.807, 2.05) is 42.5 Å². The number of carbonyl (C=O) groups is 2. The second-order valence-electron chi connectivity index (χ2n) is 6.44. The van der Waals surface area contributed by atoms with E-state index >= 15 is 0 Å². The molecule has 0 unspecified atom stereocenters. The minimum absolute atomic E-state index is 0.251. The largest absolute Gasteiger partial charge is 0.399 e. The van der Waals surface area contributed by atoms with Crippen LogP contribution in [0, 0.1) is 0 Å². The summed E-state index contributed by atoms with van der Waals surface area (Å²) in [6.07, 6.45) is 0. The van der Waals surface area contributed by atoms with E-state index in [0.29, 0.717) is 33.8 Å². The Morgan fingerprint density at radius 1 is 0.893 bits per heavy atom. The summed E-state index contributed by atoms with van der Waals surface area (Å²) in [7, 11) is 0. The first-order chi connectivity index (χ1) is 13.5. The normalized spacial score (nSPS) is 14.2. The summed E-state index contributed by atoms with van der Waals surface area (Å²) in [4.78, 5) is 24.3. The van der Waals surface area contributed by atoms with Crippen LogP contribution in [0.5, 0.6) is 0 Å². The molecule has 3 aromatic carbocycles. The van der Waals surface area contributed by atoms with Crippen LogP contribution in [0.15, 0.2) is 72.8 Å². The standard InChI is InChI=1S/C22H18N4O2/c23-15-7-9-16(10-8-15)25-20(13-4-2-1-3-5-13)19-17-11-6-14(21(24)27)12-18(17)26-22(19)28/h1-12,25H,23H2,(H2,24,27)(H,26,28). The van der Waals surface area contributed by atoms with Crippen molar-refractivity contribution in [3.8, 4) is 0 Å². The molecule has 28 heavy (non-hydrogen) atoms. The van der Waals surface area contributed by atoms with Crippen LogP contribution in [-0.4, -0.2) is 11.8 Å². The highest BCUT2D eigenvalue weighted by molar-refractivity contribution is 6.37. The molecular formula is C22H18N4O2. The van der Waals surface area contributed by atoms with Crippen molar-refractivity contribution < 1.29 is 9.59 Å². The molecule has 6 nitrogen and oxygen atoms in total. The van der Waals surface area contributed by atoms with Gasteiger partial charge in [-0.25, -0.2) is 0 Å². The van der Waals surface area contributed by atoms with Gasteiger partial charge in [0.2, 0.25) is 5.91 Å². The lowest BCUT2D eigenvalue weighted by Crippen LogP contribution is -2.11. The van der Waals surface area contributed by atoms with Crippen molar-refractivity contribution in [2.24, 2.45) is 5.73 Å². The molecule has 0 saturated carbocycles. The van der Waals surface area contributed by atoms with Gasteiger partial charge in [-0.15, -0.1) is 0 Å². The number of hydrogen-bond acceptors (Lipinski definition) is 4. The van der Waals surface area contributed by atoms with Crippen molar-refractivity contribution in [3.05, 3.63) is 89.5 Å². The lowest BCUT2D eigenvalue weighted by molar-refractivity contribution is -0.110. The Morgan fingerprint density at radius 3 is 2.29 bits per heavy atom. The summed E-state index contributed by atoms with van der Waals surface area (Å²) in [6.45, 7) is 0. The van der Waals surface area contributed by atoms with Gasteiger partial charge in [0, 0.05) is 28.2 Å². The molecule has 6 heteroatoms. The van der Waals surface area contributed by atoms with Crippen molar-refractivity contribution in [2.75, 3.05) is 16.4 Å². The van der Waals surface area contributed by atoms with Gasteiger partial charge in [0.15, 0.2) is 0 Å². The molecule has 138 valence electrons. The third kappa shape index (κ3) is 3.19. The molecular weight excluding hydrogens is 352 g/mol.